The zero-order valence-electron chi connectivity index (χ0n) is 8.67. The Morgan fingerprint density at radius 1 is 0.692 bits per heavy atom. The lowest BCUT2D eigenvalue weighted by atomic mass is 9.71. The third kappa shape index (κ3) is 2.25. The van der Waals surface area contributed by atoms with Crippen molar-refractivity contribution in [3.8, 4) is 0 Å². The molecule has 1 heteroatoms. The van der Waals surface area contributed by atoms with Gasteiger partial charge in [0.1, 0.15) is 0 Å². The molecule has 0 aromatic carbocycles. The van der Waals surface area contributed by atoms with Crippen LogP contribution >= 0.6 is 0 Å². The SMILES string of the molecule is N[C@@H]1CCCC[C@H]1C1CCCCC1. The second-order valence-corrected chi connectivity index (χ2v) is 5.01. The van der Waals surface area contributed by atoms with Crippen LogP contribution in [0.5, 0.6) is 0 Å². The van der Waals surface area contributed by atoms with Crippen molar-refractivity contribution >= 4 is 0 Å². The minimum atomic E-state index is 0.539. The van der Waals surface area contributed by atoms with E-state index in [4.69, 9.17) is 5.73 Å². The van der Waals surface area contributed by atoms with Crippen molar-refractivity contribution in [1.82, 2.24) is 0 Å². The maximum absolute atomic E-state index is 6.21. The molecule has 0 aliphatic heterocycles. The monoisotopic (exact) mass is 181 g/mol. The standard InChI is InChI=1S/C12H23N/c13-12-9-5-4-8-11(12)10-6-2-1-3-7-10/h10-12H,1-9,13H2/t11-,12+/m0/s1. The van der Waals surface area contributed by atoms with Gasteiger partial charge in [-0.3, -0.25) is 0 Å². The van der Waals surface area contributed by atoms with Crippen molar-refractivity contribution in [2.75, 3.05) is 0 Å². The van der Waals surface area contributed by atoms with Crippen LogP contribution < -0.4 is 5.73 Å². The number of nitrogens with two attached hydrogens (primary N) is 1. The van der Waals surface area contributed by atoms with Gasteiger partial charge in [-0.1, -0.05) is 44.9 Å². The maximum Gasteiger partial charge on any atom is 0.00698 e. The van der Waals surface area contributed by atoms with Gasteiger partial charge in [-0.25, -0.2) is 0 Å². The van der Waals surface area contributed by atoms with E-state index in [1.807, 2.05) is 0 Å². The van der Waals surface area contributed by atoms with E-state index in [1.165, 1.54) is 57.8 Å². The number of hydrogen-bond acceptors (Lipinski definition) is 1. The first-order chi connectivity index (χ1) is 6.38. The number of hydrogen-bond donors (Lipinski definition) is 1. The van der Waals surface area contributed by atoms with E-state index in [0.29, 0.717) is 6.04 Å². The van der Waals surface area contributed by atoms with Gasteiger partial charge in [0.25, 0.3) is 0 Å². The zero-order valence-corrected chi connectivity index (χ0v) is 8.67. The van der Waals surface area contributed by atoms with Crippen molar-refractivity contribution in [2.24, 2.45) is 17.6 Å². The molecular formula is C12H23N. The van der Waals surface area contributed by atoms with Crippen LogP contribution in [0.2, 0.25) is 0 Å². The highest BCUT2D eigenvalue weighted by Crippen LogP contribution is 2.37. The maximum atomic E-state index is 6.21. The zero-order chi connectivity index (χ0) is 9.10. The molecule has 2 N–H and O–H groups in total. The van der Waals surface area contributed by atoms with Gasteiger partial charge in [-0.15, -0.1) is 0 Å². The first-order valence-electron chi connectivity index (χ1n) is 6.13. The summed E-state index contributed by atoms with van der Waals surface area (Å²) in [6.45, 7) is 0. The highest BCUT2D eigenvalue weighted by molar-refractivity contribution is 4.84. The molecule has 2 aliphatic carbocycles. The third-order valence-electron chi connectivity index (χ3n) is 4.13. The summed E-state index contributed by atoms with van der Waals surface area (Å²) >= 11 is 0. The molecule has 0 amide bonds. The van der Waals surface area contributed by atoms with Crippen LogP contribution in [0.15, 0.2) is 0 Å². The highest BCUT2D eigenvalue weighted by atomic mass is 14.7. The van der Waals surface area contributed by atoms with Gasteiger partial charge in [0.15, 0.2) is 0 Å². The molecule has 1 nitrogen and oxygen atoms in total. The molecular weight excluding hydrogens is 158 g/mol. The van der Waals surface area contributed by atoms with E-state index < -0.39 is 0 Å². The summed E-state index contributed by atoms with van der Waals surface area (Å²) in [5.41, 5.74) is 6.21. The van der Waals surface area contributed by atoms with E-state index in [-0.39, 0.29) is 0 Å². The molecule has 0 heterocycles. The number of rotatable bonds is 1. The van der Waals surface area contributed by atoms with Crippen molar-refractivity contribution in [3.05, 3.63) is 0 Å². The summed E-state index contributed by atoms with van der Waals surface area (Å²) in [4.78, 5) is 0. The highest BCUT2D eigenvalue weighted by Gasteiger charge is 2.29. The lowest BCUT2D eigenvalue weighted by molar-refractivity contribution is 0.171. The van der Waals surface area contributed by atoms with E-state index in [9.17, 15) is 0 Å². The molecule has 2 atom stereocenters. The van der Waals surface area contributed by atoms with Crippen molar-refractivity contribution < 1.29 is 0 Å². The minimum Gasteiger partial charge on any atom is -0.327 e. The predicted octanol–water partition coefficient (Wildman–Crippen LogP) is 3.08. The Labute approximate surface area is 82.1 Å². The van der Waals surface area contributed by atoms with Gasteiger partial charge in [-0.05, 0) is 24.7 Å². The van der Waals surface area contributed by atoms with Crippen LogP contribution in [0, 0.1) is 11.8 Å². The first kappa shape index (κ1) is 9.51. The Kier molecular flexibility index (Phi) is 3.26. The van der Waals surface area contributed by atoms with Gasteiger partial charge in [0.05, 0.1) is 0 Å². The van der Waals surface area contributed by atoms with Gasteiger partial charge >= 0.3 is 0 Å². The smallest absolute Gasteiger partial charge is 0.00698 e. The molecule has 0 bridgehead atoms. The molecule has 2 rings (SSSR count). The van der Waals surface area contributed by atoms with Gasteiger partial charge in [-0.2, -0.15) is 0 Å². The lowest BCUT2D eigenvalue weighted by Gasteiger charge is -2.37. The molecule has 2 fully saturated rings. The quantitative estimate of drug-likeness (QED) is 0.661. The van der Waals surface area contributed by atoms with Crippen molar-refractivity contribution in [1.29, 1.82) is 0 Å². The fourth-order valence-corrected chi connectivity index (χ4v) is 3.34. The molecule has 0 aromatic heterocycles. The molecule has 0 spiro atoms. The molecule has 2 saturated carbocycles. The Bertz CT molecular complexity index is 149. The van der Waals surface area contributed by atoms with Crippen LogP contribution in [-0.2, 0) is 0 Å². The molecule has 0 saturated heterocycles. The Morgan fingerprint density at radius 2 is 1.31 bits per heavy atom. The van der Waals surface area contributed by atoms with Crippen LogP contribution in [0.3, 0.4) is 0 Å². The fourth-order valence-electron chi connectivity index (χ4n) is 3.34. The van der Waals surface area contributed by atoms with Gasteiger partial charge < -0.3 is 5.73 Å². The Hall–Kier alpha value is -0.0400. The molecule has 0 aromatic rings. The van der Waals surface area contributed by atoms with E-state index in [0.717, 1.165) is 11.8 Å². The largest absolute Gasteiger partial charge is 0.327 e. The van der Waals surface area contributed by atoms with E-state index in [2.05, 4.69) is 0 Å². The van der Waals surface area contributed by atoms with Gasteiger partial charge in [0, 0.05) is 6.04 Å². The molecule has 0 unspecified atom stereocenters. The average molecular weight is 181 g/mol. The molecule has 2 aliphatic rings. The summed E-state index contributed by atoms with van der Waals surface area (Å²) in [5.74, 6) is 1.87. The normalized spacial score (nSPS) is 37.6. The average Bonchev–Trinajstić information content (AvgIpc) is 2.20. The van der Waals surface area contributed by atoms with E-state index >= 15 is 0 Å². The van der Waals surface area contributed by atoms with Crippen LogP contribution in [0.4, 0.5) is 0 Å². The predicted molar refractivity (Wildman–Crippen MR) is 56.5 cm³/mol. The second kappa shape index (κ2) is 4.45. The summed E-state index contributed by atoms with van der Waals surface area (Å²) in [6, 6.07) is 0.539. The topological polar surface area (TPSA) is 26.0 Å². The van der Waals surface area contributed by atoms with Crippen LogP contribution in [0.1, 0.15) is 57.8 Å². The second-order valence-electron chi connectivity index (χ2n) is 5.01. The summed E-state index contributed by atoms with van der Waals surface area (Å²) in [5, 5.41) is 0. The fraction of sp³-hybridized carbons (Fsp3) is 1.00. The first-order valence-corrected chi connectivity index (χ1v) is 6.13. The third-order valence-corrected chi connectivity index (χ3v) is 4.13. The minimum absolute atomic E-state index is 0.539. The van der Waals surface area contributed by atoms with Crippen LogP contribution in [-0.4, -0.2) is 6.04 Å². The lowest BCUT2D eigenvalue weighted by Crippen LogP contribution is -2.38. The Morgan fingerprint density at radius 3 is 2.00 bits per heavy atom. The van der Waals surface area contributed by atoms with Crippen LogP contribution in [0.25, 0.3) is 0 Å². The summed E-state index contributed by atoms with van der Waals surface area (Å²) < 4.78 is 0. The van der Waals surface area contributed by atoms with Crippen molar-refractivity contribution in [3.63, 3.8) is 0 Å². The summed E-state index contributed by atoms with van der Waals surface area (Å²) in [7, 11) is 0. The van der Waals surface area contributed by atoms with E-state index in [1.54, 1.807) is 0 Å². The molecule has 76 valence electrons. The molecule has 13 heavy (non-hydrogen) atoms. The van der Waals surface area contributed by atoms with Crippen molar-refractivity contribution in [2.45, 2.75) is 63.8 Å². The summed E-state index contributed by atoms with van der Waals surface area (Å²) in [6.07, 6.45) is 12.9. The van der Waals surface area contributed by atoms with Gasteiger partial charge in [0.2, 0.25) is 0 Å². The molecule has 0 radical (unpaired) electrons. The Balaban J connectivity index is 1.88.